The summed E-state index contributed by atoms with van der Waals surface area (Å²) in [6, 6.07) is 1.70. The van der Waals surface area contributed by atoms with Crippen LogP contribution in [0.5, 0.6) is 0 Å². The minimum Gasteiger partial charge on any atom is -0.444 e. The lowest BCUT2D eigenvalue weighted by molar-refractivity contribution is -0.144. The van der Waals surface area contributed by atoms with Crippen molar-refractivity contribution >= 4 is 29.2 Å². The molecular weight excluding hydrogens is 334 g/mol. The summed E-state index contributed by atoms with van der Waals surface area (Å²) in [4.78, 5) is 15.8. The largest absolute Gasteiger partial charge is 0.444 e. The highest BCUT2D eigenvalue weighted by Crippen LogP contribution is 2.34. The number of amides is 1. The van der Waals surface area contributed by atoms with E-state index in [9.17, 15) is 4.79 Å². The molecule has 2 saturated heterocycles. The Bertz CT molecular complexity index is 642. The van der Waals surface area contributed by atoms with Gasteiger partial charge in [-0.05, 0) is 20.8 Å². The monoisotopic (exact) mass is 355 g/mol. The number of anilines is 2. The molecule has 0 atom stereocenters. The number of carbonyl (C=O) groups excluding carboxylic acids is 1. The third kappa shape index (κ3) is 3.49. The molecule has 2 aliphatic rings. The van der Waals surface area contributed by atoms with Crippen molar-refractivity contribution in [3.8, 4) is 0 Å². The first-order chi connectivity index (χ1) is 11.2. The molecule has 0 unspecified atom stereocenters. The number of likely N-dealkylation sites (tertiary alicyclic amines) is 1. The van der Waals surface area contributed by atoms with Crippen LogP contribution in [-0.2, 0) is 9.47 Å². The highest BCUT2D eigenvalue weighted by molar-refractivity contribution is 6.29. The number of nitrogens with two attached hydrogens (primary N) is 1. The van der Waals surface area contributed by atoms with Crippen molar-refractivity contribution < 1.29 is 14.3 Å². The Morgan fingerprint density at radius 2 is 2.08 bits per heavy atom. The van der Waals surface area contributed by atoms with Crippen LogP contribution in [0.1, 0.15) is 20.8 Å². The molecule has 2 N–H and O–H groups in total. The summed E-state index contributed by atoms with van der Waals surface area (Å²) < 4.78 is 11.3. The Morgan fingerprint density at radius 3 is 2.75 bits per heavy atom. The maximum absolute atomic E-state index is 12.1. The van der Waals surface area contributed by atoms with Crippen molar-refractivity contribution in [2.75, 3.05) is 43.4 Å². The third-order valence-electron chi connectivity index (χ3n) is 3.97. The number of hydrogen-bond acceptors (Lipinski definition) is 7. The van der Waals surface area contributed by atoms with Gasteiger partial charge in [-0.3, -0.25) is 0 Å². The predicted molar refractivity (Wildman–Crippen MR) is 90.2 cm³/mol. The summed E-state index contributed by atoms with van der Waals surface area (Å²) in [6.45, 7) is 8.36. The van der Waals surface area contributed by atoms with E-state index in [-0.39, 0.29) is 6.09 Å². The molecule has 132 valence electrons. The smallest absolute Gasteiger partial charge is 0.410 e. The first-order valence-corrected chi connectivity index (χ1v) is 8.21. The van der Waals surface area contributed by atoms with Gasteiger partial charge in [0, 0.05) is 12.6 Å². The molecule has 1 aromatic rings. The van der Waals surface area contributed by atoms with E-state index >= 15 is 0 Å². The van der Waals surface area contributed by atoms with E-state index in [4.69, 9.17) is 26.8 Å². The minimum absolute atomic E-state index is 0.295. The number of aromatic nitrogens is 2. The summed E-state index contributed by atoms with van der Waals surface area (Å²) in [5.41, 5.74) is 5.75. The Morgan fingerprint density at radius 1 is 1.38 bits per heavy atom. The molecule has 0 aromatic carbocycles. The number of nitrogen functional groups attached to an aromatic ring is 1. The molecule has 1 aromatic heterocycles. The summed E-state index contributed by atoms with van der Waals surface area (Å²) in [6.07, 6.45) is -0.318. The number of morpholine rings is 1. The molecule has 0 aliphatic carbocycles. The Balaban J connectivity index is 1.65. The van der Waals surface area contributed by atoms with Crippen LogP contribution in [-0.4, -0.2) is 65.2 Å². The Hall–Kier alpha value is -1.80. The zero-order valence-electron chi connectivity index (χ0n) is 14.1. The maximum atomic E-state index is 12.1. The zero-order valence-corrected chi connectivity index (χ0v) is 14.8. The second-order valence-electron chi connectivity index (χ2n) is 7.23. The molecule has 8 nitrogen and oxygen atoms in total. The highest BCUT2D eigenvalue weighted by Gasteiger charge is 2.50. The number of nitrogens with zero attached hydrogens (tertiary/aromatic N) is 4. The number of hydrogen-bond donors (Lipinski definition) is 1. The molecular formula is C15H22ClN5O3. The van der Waals surface area contributed by atoms with Crippen molar-refractivity contribution in [1.82, 2.24) is 15.1 Å². The molecule has 2 aliphatic heterocycles. The molecule has 24 heavy (non-hydrogen) atoms. The fourth-order valence-electron chi connectivity index (χ4n) is 2.97. The van der Waals surface area contributed by atoms with Gasteiger partial charge >= 0.3 is 6.09 Å². The van der Waals surface area contributed by atoms with Crippen LogP contribution in [0.4, 0.5) is 16.3 Å². The summed E-state index contributed by atoms with van der Waals surface area (Å²) in [5, 5.41) is 7.89. The van der Waals surface area contributed by atoms with E-state index in [1.54, 1.807) is 11.0 Å². The Kier molecular flexibility index (Phi) is 4.21. The number of carbonyl (C=O) groups is 1. The fraction of sp³-hybridized carbons (Fsp3) is 0.667. The average Bonchev–Trinajstić information content (AvgIpc) is 2.45. The van der Waals surface area contributed by atoms with Gasteiger partial charge in [0.25, 0.3) is 0 Å². The number of rotatable bonds is 1. The molecule has 1 amide bonds. The molecule has 1 spiro atoms. The second kappa shape index (κ2) is 5.93. The van der Waals surface area contributed by atoms with Crippen LogP contribution < -0.4 is 10.6 Å². The summed E-state index contributed by atoms with van der Waals surface area (Å²) in [7, 11) is 0. The van der Waals surface area contributed by atoms with E-state index in [0.29, 0.717) is 43.8 Å². The lowest BCUT2D eigenvalue weighted by atomic mass is 9.92. The number of ether oxygens (including phenoxy) is 2. The fourth-order valence-corrected chi connectivity index (χ4v) is 3.11. The summed E-state index contributed by atoms with van der Waals surface area (Å²) >= 11 is 5.92. The lowest BCUT2D eigenvalue weighted by Crippen LogP contribution is -2.71. The first-order valence-electron chi connectivity index (χ1n) is 7.83. The molecule has 0 saturated carbocycles. The standard InChI is InChI=1S/C15H22ClN5O3/c1-14(2,3)24-13(22)21-8-15(9-21)7-20(4-5-23-15)10-6-11(16)18-19-12(10)17/h6H,4-5,7-9H2,1-3H3,(H2,17,19). The van der Waals surface area contributed by atoms with Crippen LogP contribution in [0.3, 0.4) is 0 Å². The predicted octanol–water partition coefficient (Wildman–Crippen LogP) is 1.54. The topological polar surface area (TPSA) is 93.8 Å². The number of halogens is 1. The van der Waals surface area contributed by atoms with Gasteiger partial charge in [-0.25, -0.2) is 4.79 Å². The van der Waals surface area contributed by atoms with Crippen LogP contribution >= 0.6 is 11.6 Å². The lowest BCUT2D eigenvalue weighted by Gasteiger charge is -2.53. The van der Waals surface area contributed by atoms with Gasteiger partial charge in [-0.1, -0.05) is 11.6 Å². The highest BCUT2D eigenvalue weighted by atomic mass is 35.5. The van der Waals surface area contributed by atoms with Crippen LogP contribution in [0.25, 0.3) is 0 Å². The van der Waals surface area contributed by atoms with Crippen molar-refractivity contribution in [3.05, 3.63) is 11.2 Å². The van der Waals surface area contributed by atoms with Crippen LogP contribution in [0.2, 0.25) is 5.15 Å². The van der Waals surface area contributed by atoms with Gasteiger partial charge in [0.1, 0.15) is 11.2 Å². The molecule has 3 rings (SSSR count). The van der Waals surface area contributed by atoms with E-state index in [2.05, 4.69) is 15.1 Å². The van der Waals surface area contributed by atoms with Crippen molar-refractivity contribution in [2.45, 2.75) is 32.0 Å². The van der Waals surface area contributed by atoms with Gasteiger partial charge in [0.15, 0.2) is 11.0 Å². The van der Waals surface area contributed by atoms with Gasteiger partial charge in [-0.15, -0.1) is 10.2 Å². The van der Waals surface area contributed by atoms with E-state index in [1.807, 2.05) is 20.8 Å². The molecule has 3 heterocycles. The normalized spacial score (nSPS) is 20.0. The molecule has 0 bridgehead atoms. The minimum atomic E-state index is -0.507. The van der Waals surface area contributed by atoms with Crippen LogP contribution in [0, 0.1) is 0 Å². The SMILES string of the molecule is CC(C)(C)OC(=O)N1CC2(C1)CN(c1cc(Cl)nnc1N)CCO2. The molecule has 9 heteroatoms. The van der Waals surface area contributed by atoms with E-state index in [0.717, 1.165) is 5.69 Å². The van der Waals surface area contributed by atoms with Gasteiger partial charge < -0.3 is 25.0 Å². The average molecular weight is 356 g/mol. The first kappa shape index (κ1) is 17.0. The van der Waals surface area contributed by atoms with Crippen molar-refractivity contribution in [3.63, 3.8) is 0 Å². The zero-order chi connectivity index (χ0) is 17.5. The van der Waals surface area contributed by atoms with Gasteiger partial charge in [0.05, 0.1) is 31.9 Å². The second-order valence-corrected chi connectivity index (χ2v) is 7.61. The Labute approximate surface area is 145 Å². The van der Waals surface area contributed by atoms with Crippen molar-refractivity contribution in [1.29, 1.82) is 0 Å². The van der Waals surface area contributed by atoms with Crippen LogP contribution in [0.15, 0.2) is 6.07 Å². The van der Waals surface area contributed by atoms with Crippen molar-refractivity contribution in [2.24, 2.45) is 0 Å². The molecule has 0 radical (unpaired) electrons. The molecule has 2 fully saturated rings. The van der Waals surface area contributed by atoms with E-state index in [1.165, 1.54) is 0 Å². The van der Waals surface area contributed by atoms with E-state index < -0.39 is 11.2 Å². The van der Waals surface area contributed by atoms with Gasteiger partial charge in [0.2, 0.25) is 0 Å². The van der Waals surface area contributed by atoms with Gasteiger partial charge in [-0.2, -0.15) is 0 Å². The maximum Gasteiger partial charge on any atom is 0.410 e. The third-order valence-corrected chi connectivity index (χ3v) is 4.16. The summed E-state index contributed by atoms with van der Waals surface area (Å²) in [5.74, 6) is 0.333. The quantitative estimate of drug-likeness (QED) is 0.816.